The van der Waals surface area contributed by atoms with Crippen LogP contribution in [0.1, 0.15) is 40.5 Å². The summed E-state index contributed by atoms with van der Waals surface area (Å²) in [6.45, 7) is 12.9. The van der Waals surface area contributed by atoms with E-state index in [2.05, 4.69) is 50.3 Å². The normalized spacial score (nSPS) is 36.2. The molecule has 0 aliphatic carbocycles. The first-order chi connectivity index (χ1) is 8.38. The molecule has 106 valence electrons. The van der Waals surface area contributed by atoms with Crippen LogP contribution < -0.4 is 10.6 Å². The van der Waals surface area contributed by atoms with Gasteiger partial charge in [-0.15, -0.1) is 0 Å². The van der Waals surface area contributed by atoms with Crippen LogP contribution in [0.2, 0.25) is 0 Å². The van der Waals surface area contributed by atoms with E-state index >= 15 is 0 Å². The van der Waals surface area contributed by atoms with Crippen molar-refractivity contribution in [1.82, 2.24) is 15.5 Å². The van der Waals surface area contributed by atoms with Crippen LogP contribution in [0, 0.1) is 11.3 Å². The first-order valence-electron chi connectivity index (χ1n) is 7.55. The lowest BCUT2D eigenvalue weighted by Gasteiger charge is -2.45. The van der Waals surface area contributed by atoms with Crippen molar-refractivity contribution in [2.24, 2.45) is 11.3 Å². The maximum Gasteiger partial charge on any atom is 0.0244 e. The SMILES string of the molecule is CC(CC1CNCC(C(C)(C)C)N1)C1CCN1C. The van der Waals surface area contributed by atoms with Crippen molar-refractivity contribution >= 4 is 0 Å². The fourth-order valence-corrected chi connectivity index (χ4v) is 3.37. The van der Waals surface area contributed by atoms with Crippen LogP contribution in [0.25, 0.3) is 0 Å². The lowest BCUT2D eigenvalue weighted by Crippen LogP contribution is -2.60. The third-order valence-electron chi connectivity index (χ3n) is 4.88. The molecule has 0 bridgehead atoms. The zero-order chi connectivity index (χ0) is 13.3. The van der Waals surface area contributed by atoms with Gasteiger partial charge in [0.15, 0.2) is 0 Å². The number of nitrogens with one attached hydrogen (secondary N) is 2. The topological polar surface area (TPSA) is 27.3 Å². The van der Waals surface area contributed by atoms with Gasteiger partial charge in [0.25, 0.3) is 0 Å². The molecule has 18 heavy (non-hydrogen) atoms. The zero-order valence-corrected chi connectivity index (χ0v) is 12.8. The lowest BCUT2D eigenvalue weighted by molar-refractivity contribution is 0.0668. The van der Waals surface area contributed by atoms with Crippen molar-refractivity contribution in [3.05, 3.63) is 0 Å². The molecule has 2 N–H and O–H groups in total. The van der Waals surface area contributed by atoms with E-state index < -0.39 is 0 Å². The van der Waals surface area contributed by atoms with E-state index in [1.165, 1.54) is 19.4 Å². The summed E-state index contributed by atoms with van der Waals surface area (Å²) in [5, 5.41) is 7.47. The van der Waals surface area contributed by atoms with Gasteiger partial charge in [0, 0.05) is 31.2 Å². The molecule has 3 nitrogen and oxygen atoms in total. The molecule has 2 heterocycles. The zero-order valence-electron chi connectivity index (χ0n) is 12.8. The Morgan fingerprint density at radius 2 is 2.00 bits per heavy atom. The third kappa shape index (κ3) is 3.25. The summed E-state index contributed by atoms with van der Waals surface area (Å²) >= 11 is 0. The molecule has 0 saturated carbocycles. The number of likely N-dealkylation sites (tertiary alicyclic amines) is 1. The summed E-state index contributed by atoms with van der Waals surface area (Å²) in [6.07, 6.45) is 2.69. The van der Waals surface area contributed by atoms with E-state index in [-0.39, 0.29) is 0 Å². The van der Waals surface area contributed by atoms with Crippen molar-refractivity contribution in [2.75, 3.05) is 26.7 Å². The molecule has 2 aliphatic heterocycles. The van der Waals surface area contributed by atoms with Gasteiger partial charge in [-0.1, -0.05) is 27.7 Å². The molecule has 0 aromatic heterocycles. The van der Waals surface area contributed by atoms with Crippen molar-refractivity contribution in [3.63, 3.8) is 0 Å². The molecule has 2 rings (SSSR count). The van der Waals surface area contributed by atoms with Crippen LogP contribution in [-0.4, -0.2) is 49.7 Å². The number of hydrogen-bond acceptors (Lipinski definition) is 3. The smallest absolute Gasteiger partial charge is 0.0244 e. The maximum atomic E-state index is 3.86. The summed E-state index contributed by atoms with van der Waals surface area (Å²) in [7, 11) is 2.26. The summed E-state index contributed by atoms with van der Waals surface area (Å²) in [4.78, 5) is 2.50. The predicted molar refractivity (Wildman–Crippen MR) is 77.9 cm³/mol. The van der Waals surface area contributed by atoms with Crippen molar-refractivity contribution in [2.45, 2.75) is 58.7 Å². The molecule has 2 aliphatic rings. The Balaban J connectivity index is 1.82. The molecule has 0 radical (unpaired) electrons. The fourth-order valence-electron chi connectivity index (χ4n) is 3.37. The molecule has 0 aromatic rings. The number of piperazine rings is 1. The number of rotatable bonds is 3. The van der Waals surface area contributed by atoms with Crippen LogP contribution in [-0.2, 0) is 0 Å². The highest BCUT2D eigenvalue weighted by molar-refractivity contribution is 4.93. The van der Waals surface area contributed by atoms with Gasteiger partial charge >= 0.3 is 0 Å². The number of nitrogens with zero attached hydrogens (tertiary/aromatic N) is 1. The van der Waals surface area contributed by atoms with Gasteiger partial charge in [0.05, 0.1) is 0 Å². The van der Waals surface area contributed by atoms with Gasteiger partial charge in [-0.3, -0.25) is 0 Å². The minimum absolute atomic E-state index is 0.349. The predicted octanol–water partition coefficient (Wildman–Crippen LogP) is 1.69. The van der Waals surface area contributed by atoms with E-state index in [1.54, 1.807) is 0 Å². The Morgan fingerprint density at radius 1 is 1.28 bits per heavy atom. The summed E-state index contributed by atoms with van der Waals surface area (Å²) in [6, 6.07) is 2.07. The van der Waals surface area contributed by atoms with Gasteiger partial charge in [-0.2, -0.15) is 0 Å². The van der Waals surface area contributed by atoms with Crippen molar-refractivity contribution in [1.29, 1.82) is 0 Å². The molecule has 0 aromatic carbocycles. The van der Waals surface area contributed by atoms with Gasteiger partial charge in [0.2, 0.25) is 0 Å². The van der Waals surface area contributed by atoms with Crippen LogP contribution in [0.5, 0.6) is 0 Å². The Hall–Kier alpha value is -0.120. The van der Waals surface area contributed by atoms with Crippen molar-refractivity contribution < 1.29 is 0 Å². The van der Waals surface area contributed by atoms with E-state index in [4.69, 9.17) is 0 Å². The molecule has 0 amide bonds. The first-order valence-corrected chi connectivity index (χ1v) is 7.55. The highest BCUT2D eigenvalue weighted by Gasteiger charge is 2.34. The lowest BCUT2D eigenvalue weighted by atomic mass is 9.82. The Kier molecular flexibility index (Phi) is 4.35. The van der Waals surface area contributed by atoms with Gasteiger partial charge in [-0.05, 0) is 37.8 Å². The Labute approximate surface area is 113 Å². The molecule has 0 spiro atoms. The number of hydrogen-bond donors (Lipinski definition) is 2. The Bertz CT molecular complexity index is 271. The average Bonchev–Trinajstić information content (AvgIpc) is 2.26. The van der Waals surface area contributed by atoms with Crippen LogP contribution in [0.4, 0.5) is 0 Å². The average molecular weight is 253 g/mol. The largest absolute Gasteiger partial charge is 0.314 e. The highest BCUT2D eigenvalue weighted by Crippen LogP contribution is 2.27. The van der Waals surface area contributed by atoms with Crippen LogP contribution in [0.15, 0.2) is 0 Å². The van der Waals surface area contributed by atoms with Gasteiger partial charge < -0.3 is 15.5 Å². The molecular formula is C15H31N3. The Morgan fingerprint density at radius 3 is 2.50 bits per heavy atom. The summed E-state index contributed by atoms with van der Waals surface area (Å²) in [5.74, 6) is 0.807. The molecule has 2 fully saturated rings. The van der Waals surface area contributed by atoms with Gasteiger partial charge in [0.1, 0.15) is 0 Å². The second-order valence-corrected chi connectivity index (χ2v) is 7.49. The minimum atomic E-state index is 0.349. The third-order valence-corrected chi connectivity index (χ3v) is 4.88. The van der Waals surface area contributed by atoms with Crippen molar-refractivity contribution in [3.8, 4) is 0 Å². The van der Waals surface area contributed by atoms with E-state index in [9.17, 15) is 0 Å². The van der Waals surface area contributed by atoms with Gasteiger partial charge in [-0.25, -0.2) is 0 Å². The minimum Gasteiger partial charge on any atom is -0.314 e. The molecule has 3 heteroatoms. The van der Waals surface area contributed by atoms with E-state index in [0.717, 1.165) is 25.0 Å². The quantitative estimate of drug-likeness (QED) is 0.801. The van der Waals surface area contributed by atoms with E-state index in [0.29, 0.717) is 17.5 Å². The van der Waals surface area contributed by atoms with Crippen LogP contribution >= 0.6 is 0 Å². The second kappa shape index (κ2) is 5.48. The maximum absolute atomic E-state index is 3.86. The monoisotopic (exact) mass is 253 g/mol. The fraction of sp³-hybridized carbons (Fsp3) is 1.00. The van der Waals surface area contributed by atoms with E-state index in [1.807, 2.05) is 0 Å². The molecule has 4 atom stereocenters. The summed E-state index contributed by atoms with van der Waals surface area (Å²) < 4.78 is 0. The molecule has 2 saturated heterocycles. The van der Waals surface area contributed by atoms with Crippen LogP contribution in [0.3, 0.4) is 0 Å². The highest BCUT2D eigenvalue weighted by atomic mass is 15.2. The molecule has 4 unspecified atom stereocenters. The second-order valence-electron chi connectivity index (χ2n) is 7.49. The summed E-state index contributed by atoms with van der Waals surface area (Å²) in [5.41, 5.74) is 0.349. The molecular weight excluding hydrogens is 222 g/mol. The first kappa shape index (κ1) is 14.3. The standard InChI is InChI=1S/C15H31N3/c1-11(13-6-7-18(13)5)8-12-9-16-10-14(17-12)15(2,3)4/h11-14,16-17H,6-10H2,1-5H3.